The molecule has 1 N–H and O–H groups in total. The average molecular weight is 396 g/mol. The molecule has 1 unspecified atom stereocenters. The summed E-state index contributed by atoms with van der Waals surface area (Å²) in [4.78, 5) is 17.1. The van der Waals surface area contributed by atoms with Crippen molar-refractivity contribution in [2.75, 3.05) is 44.7 Å². The third-order valence-electron chi connectivity index (χ3n) is 5.38. The summed E-state index contributed by atoms with van der Waals surface area (Å²) in [6.07, 6.45) is 2.37. The Morgan fingerprint density at radius 3 is 2.66 bits per heavy atom. The third kappa shape index (κ3) is 6.58. The van der Waals surface area contributed by atoms with Gasteiger partial charge in [0.15, 0.2) is 0 Å². The maximum Gasteiger partial charge on any atom is 0.251 e. The number of rotatable bonds is 9. The van der Waals surface area contributed by atoms with Gasteiger partial charge >= 0.3 is 0 Å². The van der Waals surface area contributed by atoms with E-state index >= 15 is 0 Å². The van der Waals surface area contributed by atoms with Crippen LogP contribution in [0.25, 0.3) is 0 Å². The zero-order valence-corrected chi connectivity index (χ0v) is 17.6. The molecule has 2 aromatic rings. The minimum Gasteiger partial charge on any atom is -0.375 e. The number of ether oxygens (including phenoxy) is 1. The lowest BCUT2D eigenvalue weighted by molar-refractivity contribution is -0.0292. The van der Waals surface area contributed by atoms with Crippen molar-refractivity contribution in [1.82, 2.24) is 10.2 Å². The molecule has 1 amide bonds. The quantitative estimate of drug-likeness (QED) is 0.705. The van der Waals surface area contributed by atoms with Crippen LogP contribution in [-0.4, -0.2) is 56.7 Å². The van der Waals surface area contributed by atoms with E-state index in [2.05, 4.69) is 53.4 Å². The first kappa shape index (κ1) is 21.3. The molecule has 1 saturated heterocycles. The first-order valence-corrected chi connectivity index (χ1v) is 10.6. The van der Waals surface area contributed by atoms with Crippen molar-refractivity contribution < 1.29 is 9.53 Å². The summed E-state index contributed by atoms with van der Waals surface area (Å²) in [5, 5.41) is 3.03. The Bertz CT molecular complexity index is 748. The predicted octanol–water partition coefficient (Wildman–Crippen LogP) is 3.55. The Hall–Kier alpha value is -2.37. The van der Waals surface area contributed by atoms with Crippen molar-refractivity contribution in [2.24, 2.45) is 0 Å². The summed E-state index contributed by atoms with van der Waals surface area (Å²) in [6.45, 7) is 7.12. The van der Waals surface area contributed by atoms with Crippen LogP contribution in [0.5, 0.6) is 0 Å². The highest BCUT2D eigenvalue weighted by Crippen LogP contribution is 2.15. The first-order valence-electron chi connectivity index (χ1n) is 10.6. The van der Waals surface area contributed by atoms with Gasteiger partial charge < -0.3 is 15.0 Å². The summed E-state index contributed by atoms with van der Waals surface area (Å²) in [6, 6.07) is 18.3. The number of morpholine rings is 1. The highest BCUT2D eigenvalue weighted by molar-refractivity contribution is 5.94. The van der Waals surface area contributed by atoms with Crippen molar-refractivity contribution in [3.05, 3.63) is 65.7 Å². The number of unbranched alkanes of at least 4 members (excludes halogenated alkanes) is 1. The van der Waals surface area contributed by atoms with E-state index < -0.39 is 0 Å². The van der Waals surface area contributed by atoms with Gasteiger partial charge in [-0.15, -0.1) is 0 Å². The molecule has 0 spiro atoms. The number of carbonyl (C=O) groups is 1. The molecule has 0 bridgehead atoms. The molecule has 1 aliphatic rings. The van der Waals surface area contributed by atoms with Gasteiger partial charge in [-0.3, -0.25) is 9.69 Å². The highest BCUT2D eigenvalue weighted by Gasteiger charge is 2.21. The van der Waals surface area contributed by atoms with E-state index in [0.29, 0.717) is 18.7 Å². The number of hydrogen-bond donors (Lipinski definition) is 1. The van der Waals surface area contributed by atoms with Gasteiger partial charge in [-0.05, 0) is 36.2 Å². The van der Waals surface area contributed by atoms with E-state index in [1.54, 1.807) is 0 Å². The first-order chi connectivity index (χ1) is 14.2. The van der Waals surface area contributed by atoms with Gasteiger partial charge in [0.2, 0.25) is 0 Å². The van der Waals surface area contributed by atoms with Gasteiger partial charge in [0.05, 0.1) is 12.7 Å². The van der Waals surface area contributed by atoms with Crippen LogP contribution in [0.3, 0.4) is 0 Å². The van der Waals surface area contributed by atoms with Crippen LogP contribution in [0, 0.1) is 0 Å². The molecule has 1 heterocycles. The van der Waals surface area contributed by atoms with Gasteiger partial charge in [-0.25, -0.2) is 0 Å². The Balaban J connectivity index is 1.46. The minimum atomic E-state index is -0.0449. The summed E-state index contributed by atoms with van der Waals surface area (Å²) < 4.78 is 5.86. The van der Waals surface area contributed by atoms with Crippen molar-refractivity contribution in [1.29, 1.82) is 0 Å². The molecular formula is C24H33N3O2. The summed E-state index contributed by atoms with van der Waals surface area (Å²) in [5.41, 5.74) is 3.14. The smallest absolute Gasteiger partial charge is 0.251 e. The molecule has 1 fully saturated rings. The molecule has 5 nitrogen and oxygen atoms in total. The van der Waals surface area contributed by atoms with Gasteiger partial charge in [0.25, 0.3) is 5.91 Å². The number of hydrogen-bond acceptors (Lipinski definition) is 4. The maximum absolute atomic E-state index is 12.5. The van der Waals surface area contributed by atoms with Crippen LogP contribution in [0.15, 0.2) is 54.6 Å². The standard InChI is InChI=1S/C24H33N3O2/c1-3-4-14-26(2)22-12-10-21(11-13-22)24(28)25-17-23-19-27(15-16-29-23)18-20-8-6-5-7-9-20/h5-13,23H,3-4,14-19H2,1-2H3,(H,25,28). The Labute approximate surface area is 174 Å². The van der Waals surface area contributed by atoms with Crippen LogP contribution >= 0.6 is 0 Å². The van der Waals surface area contributed by atoms with Gasteiger partial charge in [0, 0.05) is 51.0 Å². The van der Waals surface area contributed by atoms with E-state index in [9.17, 15) is 4.79 Å². The van der Waals surface area contributed by atoms with Gasteiger partial charge in [-0.1, -0.05) is 43.7 Å². The Kier molecular flexibility index (Phi) is 8.08. The summed E-state index contributed by atoms with van der Waals surface area (Å²) >= 11 is 0. The summed E-state index contributed by atoms with van der Waals surface area (Å²) in [5.74, 6) is -0.0449. The zero-order chi connectivity index (χ0) is 20.5. The Morgan fingerprint density at radius 1 is 1.17 bits per heavy atom. The second-order valence-electron chi connectivity index (χ2n) is 7.75. The van der Waals surface area contributed by atoms with Crippen LogP contribution in [0.4, 0.5) is 5.69 Å². The molecular weight excluding hydrogens is 362 g/mol. The van der Waals surface area contributed by atoms with Crippen LogP contribution < -0.4 is 10.2 Å². The lowest BCUT2D eigenvalue weighted by Crippen LogP contribution is -2.47. The van der Waals surface area contributed by atoms with Crippen molar-refractivity contribution >= 4 is 11.6 Å². The molecule has 0 saturated carbocycles. The van der Waals surface area contributed by atoms with Crippen LogP contribution in [0.1, 0.15) is 35.7 Å². The van der Waals surface area contributed by atoms with E-state index in [1.807, 2.05) is 30.3 Å². The van der Waals surface area contributed by atoms with Crippen LogP contribution in [0.2, 0.25) is 0 Å². The minimum absolute atomic E-state index is 0.0239. The highest BCUT2D eigenvalue weighted by atomic mass is 16.5. The van der Waals surface area contributed by atoms with Crippen molar-refractivity contribution in [3.63, 3.8) is 0 Å². The summed E-state index contributed by atoms with van der Waals surface area (Å²) in [7, 11) is 2.09. The SMILES string of the molecule is CCCCN(C)c1ccc(C(=O)NCC2CN(Cc3ccccc3)CCO2)cc1. The molecule has 0 radical (unpaired) electrons. The molecule has 3 rings (SSSR count). The number of carbonyl (C=O) groups excluding carboxylic acids is 1. The molecule has 0 aromatic heterocycles. The molecule has 1 aliphatic heterocycles. The predicted molar refractivity (Wildman–Crippen MR) is 118 cm³/mol. The fraction of sp³-hybridized carbons (Fsp3) is 0.458. The van der Waals surface area contributed by atoms with Crippen LogP contribution in [-0.2, 0) is 11.3 Å². The average Bonchev–Trinajstić information content (AvgIpc) is 2.77. The van der Waals surface area contributed by atoms with E-state index in [4.69, 9.17) is 4.74 Å². The molecule has 0 aliphatic carbocycles. The molecule has 2 aromatic carbocycles. The number of anilines is 1. The second kappa shape index (κ2) is 11.0. The molecule has 1 atom stereocenters. The number of amides is 1. The third-order valence-corrected chi connectivity index (χ3v) is 5.38. The van der Waals surface area contributed by atoms with E-state index in [-0.39, 0.29) is 12.0 Å². The second-order valence-corrected chi connectivity index (χ2v) is 7.75. The Morgan fingerprint density at radius 2 is 1.93 bits per heavy atom. The largest absolute Gasteiger partial charge is 0.375 e. The zero-order valence-electron chi connectivity index (χ0n) is 17.6. The molecule has 5 heteroatoms. The monoisotopic (exact) mass is 395 g/mol. The fourth-order valence-corrected chi connectivity index (χ4v) is 3.59. The number of benzene rings is 2. The molecule has 156 valence electrons. The topological polar surface area (TPSA) is 44.8 Å². The normalized spacial score (nSPS) is 17.1. The van der Waals surface area contributed by atoms with Gasteiger partial charge in [0.1, 0.15) is 0 Å². The van der Waals surface area contributed by atoms with E-state index in [0.717, 1.165) is 31.9 Å². The maximum atomic E-state index is 12.5. The van der Waals surface area contributed by atoms with Crippen molar-refractivity contribution in [2.45, 2.75) is 32.4 Å². The fourth-order valence-electron chi connectivity index (χ4n) is 3.59. The van der Waals surface area contributed by atoms with Crippen molar-refractivity contribution in [3.8, 4) is 0 Å². The lowest BCUT2D eigenvalue weighted by Gasteiger charge is -2.33. The number of nitrogens with one attached hydrogen (secondary N) is 1. The van der Waals surface area contributed by atoms with E-state index in [1.165, 1.54) is 18.4 Å². The lowest BCUT2D eigenvalue weighted by atomic mass is 10.1. The molecule has 29 heavy (non-hydrogen) atoms. The number of nitrogens with zero attached hydrogens (tertiary/aromatic N) is 2. The van der Waals surface area contributed by atoms with Gasteiger partial charge in [-0.2, -0.15) is 0 Å².